The first-order valence-corrected chi connectivity index (χ1v) is 10.2. The second-order valence-electron chi connectivity index (χ2n) is 6.54. The number of carbonyl (C=O) groups excluding carboxylic acids is 1. The molecule has 0 spiro atoms. The maximum Gasteiger partial charge on any atom is 0.338 e. The van der Waals surface area contributed by atoms with Crippen LogP contribution in [0.25, 0.3) is 0 Å². The van der Waals surface area contributed by atoms with Crippen LogP contribution in [0.3, 0.4) is 0 Å². The number of rotatable bonds is 7. The summed E-state index contributed by atoms with van der Waals surface area (Å²) in [5, 5.41) is 0. The van der Waals surface area contributed by atoms with E-state index in [9.17, 15) is 13.2 Å². The van der Waals surface area contributed by atoms with Gasteiger partial charge in [0.05, 0.1) is 23.2 Å². The summed E-state index contributed by atoms with van der Waals surface area (Å²) in [5.74, 6) is -0.484. The number of ether oxygens (including phenoxy) is 2. The average molecular weight is 369 g/mol. The monoisotopic (exact) mass is 369 g/mol. The van der Waals surface area contributed by atoms with Crippen molar-refractivity contribution >= 4 is 16.0 Å². The average Bonchev–Trinajstić information content (AvgIpc) is 2.58. The first kappa shape index (κ1) is 19.9. The molecule has 1 saturated heterocycles. The van der Waals surface area contributed by atoms with Crippen molar-refractivity contribution in [3.63, 3.8) is 0 Å². The zero-order valence-corrected chi connectivity index (χ0v) is 15.9. The minimum atomic E-state index is -3.52. The quantitative estimate of drug-likeness (QED) is 0.546. The largest absolute Gasteiger partial charge is 0.460 e. The molecule has 0 aromatic heterocycles. The van der Waals surface area contributed by atoms with Crippen molar-refractivity contribution in [2.45, 2.75) is 57.1 Å². The standard InChI is InChI=1S/C18H27NO5S/c1-14(2)23-12-13-24-18(20)16-7-9-17(10-8-16)25(21,22)19-11-5-4-6-15(19)3/h7-10,14-15H,4-6,11-13H2,1-3H3. The predicted molar refractivity (Wildman–Crippen MR) is 95.0 cm³/mol. The lowest BCUT2D eigenvalue weighted by atomic mass is 10.1. The Hall–Kier alpha value is -1.44. The van der Waals surface area contributed by atoms with Crippen molar-refractivity contribution in [1.82, 2.24) is 4.31 Å². The van der Waals surface area contributed by atoms with Crippen LogP contribution < -0.4 is 0 Å². The lowest BCUT2D eigenvalue weighted by Gasteiger charge is -2.32. The highest BCUT2D eigenvalue weighted by atomic mass is 32.2. The molecule has 0 N–H and O–H groups in total. The molecule has 1 atom stereocenters. The van der Waals surface area contributed by atoms with Crippen LogP contribution in [0.5, 0.6) is 0 Å². The van der Waals surface area contributed by atoms with E-state index < -0.39 is 16.0 Å². The molecule has 25 heavy (non-hydrogen) atoms. The van der Waals surface area contributed by atoms with E-state index in [1.807, 2.05) is 20.8 Å². The predicted octanol–water partition coefficient (Wildman–Crippen LogP) is 2.83. The third-order valence-corrected chi connectivity index (χ3v) is 6.23. The van der Waals surface area contributed by atoms with E-state index in [0.29, 0.717) is 18.7 Å². The minimum Gasteiger partial charge on any atom is -0.460 e. The fourth-order valence-corrected chi connectivity index (χ4v) is 4.53. The highest BCUT2D eigenvalue weighted by Gasteiger charge is 2.30. The first-order chi connectivity index (χ1) is 11.8. The summed E-state index contributed by atoms with van der Waals surface area (Å²) in [6.45, 7) is 6.80. The van der Waals surface area contributed by atoms with E-state index in [-0.39, 0.29) is 23.6 Å². The van der Waals surface area contributed by atoms with Gasteiger partial charge in [0.2, 0.25) is 10.0 Å². The van der Waals surface area contributed by atoms with Crippen LogP contribution in [0.4, 0.5) is 0 Å². The number of sulfonamides is 1. The Labute approximate surface area is 150 Å². The third kappa shape index (κ3) is 5.26. The summed E-state index contributed by atoms with van der Waals surface area (Å²) in [7, 11) is -3.52. The number of nitrogens with zero attached hydrogens (tertiary/aromatic N) is 1. The van der Waals surface area contributed by atoms with Crippen molar-refractivity contribution in [3.05, 3.63) is 29.8 Å². The van der Waals surface area contributed by atoms with Crippen molar-refractivity contribution in [1.29, 1.82) is 0 Å². The number of esters is 1. The van der Waals surface area contributed by atoms with Gasteiger partial charge in [-0.2, -0.15) is 4.31 Å². The summed E-state index contributed by atoms with van der Waals surface area (Å²) in [4.78, 5) is 12.2. The normalized spacial score (nSPS) is 19.1. The summed E-state index contributed by atoms with van der Waals surface area (Å²) in [6.07, 6.45) is 2.90. The minimum absolute atomic E-state index is 0.00403. The Bertz CT molecular complexity index is 669. The van der Waals surface area contributed by atoms with E-state index in [2.05, 4.69) is 0 Å². The van der Waals surface area contributed by atoms with Crippen molar-refractivity contribution in [3.8, 4) is 0 Å². The highest BCUT2D eigenvalue weighted by molar-refractivity contribution is 7.89. The zero-order valence-electron chi connectivity index (χ0n) is 15.1. The van der Waals surface area contributed by atoms with Gasteiger partial charge in [-0.3, -0.25) is 0 Å². The van der Waals surface area contributed by atoms with Crippen molar-refractivity contribution < 1.29 is 22.7 Å². The van der Waals surface area contributed by atoms with Crippen LogP contribution >= 0.6 is 0 Å². The molecule has 2 rings (SSSR count). The Morgan fingerprint density at radius 3 is 2.48 bits per heavy atom. The highest BCUT2D eigenvalue weighted by Crippen LogP contribution is 2.25. The van der Waals surface area contributed by atoms with E-state index in [0.717, 1.165) is 19.3 Å². The van der Waals surface area contributed by atoms with Crippen molar-refractivity contribution in [2.24, 2.45) is 0 Å². The Morgan fingerprint density at radius 1 is 1.20 bits per heavy atom. The molecular weight excluding hydrogens is 342 g/mol. The Balaban J connectivity index is 2.00. The maximum atomic E-state index is 12.7. The number of hydrogen-bond acceptors (Lipinski definition) is 5. The molecule has 6 nitrogen and oxygen atoms in total. The van der Waals surface area contributed by atoms with Gasteiger partial charge >= 0.3 is 5.97 Å². The summed E-state index contributed by atoms with van der Waals surface area (Å²) in [6, 6.07) is 5.93. The number of carbonyl (C=O) groups is 1. The van der Waals surface area contributed by atoms with Gasteiger partial charge in [-0.05, 0) is 57.9 Å². The summed E-state index contributed by atoms with van der Waals surface area (Å²) < 4.78 is 37.5. The summed E-state index contributed by atoms with van der Waals surface area (Å²) >= 11 is 0. The molecule has 7 heteroatoms. The second-order valence-corrected chi connectivity index (χ2v) is 8.43. The molecule has 140 valence electrons. The lowest BCUT2D eigenvalue weighted by molar-refractivity contribution is 0.0177. The van der Waals surface area contributed by atoms with Crippen molar-refractivity contribution in [2.75, 3.05) is 19.8 Å². The smallest absolute Gasteiger partial charge is 0.338 e. The number of hydrogen-bond donors (Lipinski definition) is 0. The van der Waals surface area contributed by atoms with Gasteiger partial charge in [-0.1, -0.05) is 6.42 Å². The molecule has 0 radical (unpaired) electrons. The topological polar surface area (TPSA) is 72.9 Å². The van der Waals surface area contributed by atoms with Gasteiger partial charge in [0.1, 0.15) is 6.61 Å². The van der Waals surface area contributed by atoms with Crippen LogP contribution in [0.2, 0.25) is 0 Å². The van der Waals surface area contributed by atoms with E-state index in [4.69, 9.17) is 9.47 Å². The lowest BCUT2D eigenvalue weighted by Crippen LogP contribution is -2.41. The molecule has 1 aromatic rings. The first-order valence-electron chi connectivity index (χ1n) is 8.73. The molecule has 1 aliphatic heterocycles. The SMILES string of the molecule is CC(C)OCCOC(=O)c1ccc(S(=O)(=O)N2CCCCC2C)cc1. The number of piperidine rings is 1. The Morgan fingerprint density at radius 2 is 1.88 bits per heavy atom. The van der Waals surface area contributed by atoms with E-state index in [1.165, 1.54) is 24.3 Å². The number of benzene rings is 1. The van der Waals surface area contributed by atoms with Crippen LogP contribution in [-0.2, 0) is 19.5 Å². The van der Waals surface area contributed by atoms with Crippen LogP contribution in [-0.4, -0.2) is 50.6 Å². The fraction of sp³-hybridized carbons (Fsp3) is 0.611. The van der Waals surface area contributed by atoms with Crippen LogP contribution in [0, 0.1) is 0 Å². The van der Waals surface area contributed by atoms with Gasteiger partial charge in [-0.15, -0.1) is 0 Å². The van der Waals surface area contributed by atoms with Gasteiger partial charge in [0, 0.05) is 12.6 Å². The van der Waals surface area contributed by atoms with Crippen LogP contribution in [0.1, 0.15) is 50.4 Å². The molecule has 0 aliphatic carbocycles. The molecule has 1 aromatic carbocycles. The second kappa shape index (κ2) is 8.78. The fourth-order valence-electron chi connectivity index (χ4n) is 2.83. The zero-order chi connectivity index (χ0) is 18.4. The molecule has 1 aliphatic rings. The third-order valence-electron chi connectivity index (χ3n) is 4.21. The maximum absolute atomic E-state index is 12.7. The molecular formula is C18H27NO5S. The molecule has 1 fully saturated rings. The molecule has 0 amide bonds. The van der Waals surface area contributed by atoms with Gasteiger partial charge in [0.25, 0.3) is 0 Å². The Kier molecular flexibility index (Phi) is 6.98. The van der Waals surface area contributed by atoms with Crippen LogP contribution in [0.15, 0.2) is 29.2 Å². The molecule has 1 heterocycles. The molecule has 1 unspecified atom stereocenters. The van der Waals surface area contributed by atoms with E-state index in [1.54, 1.807) is 4.31 Å². The van der Waals surface area contributed by atoms with Gasteiger partial charge < -0.3 is 9.47 Å². The molecule has 0 bridgehead atoms. The molecule has 0 saturated carbocycles. The summed E-state index contributed by atoms with van der Waals surface area (Å²) in [5.41, 5.74) is 0.329. The van der Waals surface area contributed by atoms with E-state index >= 15 is 0 Å². The van der Waals surface area contributed by atoms with Gasteiger partial charge in [0.15, 0.2) is 0 Å². The van der Waals surface area contributed by atoms with Gasteiger partial charge in [-0.25, -0.2) is 13.2 Å².